The van der Waals surface area contributed by atoms with E-state index in [2.05, 4.69) is 27.9 Å². The molecule has 0 unspecified atom stereocenters. The highest BCUT2D eigenvalue weighted by Crippen LogP contribution is 2.30. The van der Waals surface area contributed by atoms with Crippen LogP contribution >= 0.6 is 11.8 Å². The fourth-order valence-corrected chi connectivity index (χ4v) is 7.16. The maximum absolute atomic E-state index is 14.1. The second kappa shape index (κ2) is 16.6. The lowest BCUT2D eigenvalue weighted by molar-refractivity contribution is -0.118. The van der Waals surface area contributed by atoms with E-state index < -0.39 is 18.1 Å². The molecule has 6 rings (SSSR count). The van der Waals surface area contributed by atoms with Gasteiger partial charge < -0.3 is 25.4 Å². The Bertz CT molecular complexity index is 1800. The van der Waals surface area contributed by atoms with Crippen LogP contribution in [0.1, 0.15) is 36.0 Å². The molecule has 252 valence electrons. The first-order valence-corrected chi connectivity index (χ1v) is 17.5. The number of anilines is 1. The van der Waals surface area contributed by atoms with Crippen LogP contribution in [0.2, 0.25) is 0 Å². The summed E-state index contributed by atoms with van der Waals surface area (Å²) in [4.78, 5) is 36.0. The van der Waals surface area contributed by atoms with Crippen LogP contribution in [0.15, 0.2) is 120 Å². The summed E-state index contributed by atoms with van der Waals surface area (Å²) >= 11 is 1.65. The number of aromatic nitrogens is 2. The van der Waals surface area contributed by atoms with Gasteiger partial charge in [0, 0.05) is 29.9 Å². The highest BCUT2D eigenvalue weighted by atomic mass is 32.2. The normalized spacial score (nSPS) is 18.1. The first-order chi connectivity index (χ1) is 24.0. The van der Waals surface area contributed by atoms with Gasteiger partial charge in [0.2, 0.25) is 5.91 Å². The third kappa shape index (κ3) is 8.83. The molecule has 0 saturated carbocycles. The van der Waals surface area contributed by atoms with Crippen LogP contribution in [-0.2, 0) is 20.7 Å². The predicted molar refractivity (Wildman–Crippen MR) is 194 cm³/mol. The molecule has 1 aromatic heterocycles. The van der Waals surface area contributed by atoms with E-state index in [9.17, 15) is 9.59 Å². The van der Waals surface area contributed by atoms with Crippen LogP contribution in [-0.4, -0.2) is 65.7 Å². The van der Waals surface area contributed by atoms with E-state index in [1.54, 1.807) is 11.8 Å². The molecule has 1 fully saturated rings. The largest absolute Gasteiger partial charge is 0.453 e. The minimum absolute atomic E-state index is 0.00234. The Morgan fingerprint density at radius 1 is 0.918 bits per heavy atom. The zero-order valence-electron chi connectivity index (χ0n) is 27.6. The lowest BCUT2D eigenvalue weighted by Gasteiger charge is -2.36. The number of para-hydroxylation sites is 3. The summed E-state index contributed by atoms with van der Waals surface area (Å²) in [6, 6.07) is 34.3. The third-order valence-electron chi connectivity index (χ3n) is 8.82. The number of methoxy groups -OCH3 is 1. The molecule has 3 N–H and O–H groups in total. The molecule has 0 radical (unpaired) electrons. The second-order valence-electron chi connectivity index (χ2n) is 12.1. The third-order valence-corrected chi connectivity index (χ3v) is 9.80. The van der Waals surface area contributed by atoms with Crippen molar-refractivity contribution in [3.05, 3.63) is 132 Å². The molecule has 0 aliphatic carbocycles. The number of benzene rings is 4. The predicted octanol–water partition coefficient (Wildman–Crippen LogP) is 6.60. The number of thioether (sulfide) groups is 1. The van der Waals surface area contributed by atoms with Crippen LogP contribution in [0, 0.1) is 0 Å². The van der Waals surface area contributed by atoms with Crippen molar-refractivity contribution in [3.8, 4) is 0 Å². The maximum atomic E-state index is 14.1. The molecule has 4 atom stereocenters. The summed E-state index contributed by atoms with van der Waals surface area (Å²) in [7, 11) is 1.30. The van der Waals surface area contributed by atoms with Crippen LogP contribution in [0.5, 0.6) is 0 Å². The van der Waals surface area contributed by atoms with Gasteiger partial charge in [-0.2, -0.15) is 0 Å². The number of rotatable bonds is 12. The number of nitrogens with one attached hydrogen (secondary N) is 3. The second-order valence-corrected chi connectivity index (χ2v) is 13.1. The first kappa shape index (κ1) is 34.1. The van der Waals surface area contributed by atoms with Gasteiger partial charge in [0.15, 0.2) is 0 Å². The molecule has 1 aliphatic heterocycles. The lowest BCUT2D eigenvalue weighted by Crippen LogP contribution is -2.52. The Labute approximate surface area is 291 Å². The standard InChI is InChI=1S/C39H41N5O4S/c1-26-34(25-49-35-24-41-32-19-11-12-20-33(32)42-35)48-30(23-40-26)22-21-27-13-9-10-18-31(27)43-38(45)37(44-39(46)47-2)36(28-14-5-3-6-15-28)29-16-7-4-8-17-29/h3-20,24,26,30,34,36-37,40H,21-23,25H2,1-2H3,(H,43,45)(H,44,46)/t26-,30-,34-,37+/m1/s1. The van der Waals surface area contributed by atoms with E-state index in [1.165, 1.54) is 7.11 Å². The Kier molecular flexibility index (Phi) is 11.5. The van der Waals surface area contributed by atoms with Crippen LogP contribution in [0.25, 0.3) is 11.0 Å². The molecule has 1 saturated heterocycles. The van der Waals surface area contributed by atoms with E-state index in [4.69, 9.17) is 14.5 Å². The van der Waals surface area contributed by atoms with Gasteiger partial charge >= 0.3 is 6.09 Å². The molecule has 4 aromatic carbocycles. The van der Waals surface area contributed by atoms with E-state index in [0.717, 1.165) is 51.5 Å². The lowest BCUT2D eigenvalue weighted by atomic mass is 9.84. The zero-order valence-corrected chi connectivity index (χ0v) is 28.4. The van der Waals surface area contributed by atoms with Crippen molar-refractivity contribution in [1.82, 2.24) is 20.6 Å². The molecular formula is C39H41N5O4S. The number of carbonyl (C=O) groups is 2. The molecule has 5 aromatic rings. The number of ether oxygens (including phenoxy) is 2. The van der Waals surface area contributed by atoms with E-state index in [-0.39, 0.29) is 24.2 Å². The van der Waals surface area contributed by atoms with Crippen molar-refractivity contribution in [2.75, 3.05) is 24.7 Å². The monoisotopic (exact) mass is 675 g/mol. The zero-order chi connectivity index (χ0) is 34.0. The number of amides is 2. The number of alkyl carbamates (subject to hydrolysis) is 1. The van der Waals surface area contributed by atoms with Gasteiger partial charge in [0.25, 0.3) is 0 Å². The Balaban J connectivity index is 1.13. The summed E-state index contributed by atoms with van der Waals surface area (Å²) in [5, 5.41) is 10.4. The van der Waals surface area contributed by atoms with Crippen molar-refractivity contribution in [2.45, 2.75) is 55.0 Å². The van der Waals surface area contributed by atoms with Gasteiger partial charge in [0.1, 0.15) is 11.1 Å². The summed E-state index contributed by atoms with van der Waals surface area (Å²) in [5.74, 6) is -0.0373. The molecule has 1 aliphatic rings. The van der Waals surface area contributed by atoms with Crippen molar-refractivity contribution in [1.29, 1.82) is 0 Å². The number of hydrogen-bond donors (Lipinski definition) is 3. The Morgan fingerprint density at radius 2 is 1.57 bits per heavy atom. The summed E-state index contributed by atoms with van der Waals surface area (Å²) < 4.78 is 11.5. The fourth-order valence-electron chi connectivity index (χ4n) is 6.16. The Morgan fingerprint density at radius 3 is 2.29 bits per heavy atom. The summed E-state index contributed by atoms with van der Waals surface area (Å²) in [6.07, 6.45) is 2.62. The molecule has 10 heteroatoms. The molecule has 2 heterocycles. The topological polar surface area (TPSA) is 114 Å². The average molecular weight is 676 g/mol. The minimum atomic E-state index is -0.941. The number of nitrogens with zero attached hydrogens (tertiary/aromatic N) is 2. The highest BCUT2D eigenvalue weighted by Gasteiger charge is 2.33. The van der Waals surface area contributed by atoms with Gasteiger partial charge in [-0.25, -0.2) is 9.78 Å². The number of carbonyl (C=O) groups excluding carboxylic acids is 2. The Hall–Kier alpha value is -4.77. The highest BCUT2D eigenvalue weighted by molar-refractivity contribution is 7.99. The number of fused-ring (bicyclic) bond motifs is 1. The van der Waals surface area contributed by atoms with E-state index in [1.807, 2.05) is 115 Å². The number of morpholine rings is 1. The van der Waals surface area contributed by atoms with Gasteiger partial charge in [-0.3, -0.25) is 9.78 Å². The van der Waals surface area contributed by atoms with Crippen molar-refractivity contribution < 1.29 is 19.1 Å². The summed E-state index contributed by atoms with van der Waals surface area (Å²) in [6.45, 7) is 2.89. The maximum Gasteiger partial charge on any atom is 0.407 e. The number of aryl methyl sites for hydroxylation is 1. The molecule has 9 nitrogen and oxygen atoms in total. The molecule has 0 bridgehead atoms. The summed E-state index contributed by atoms with van der Waals surface area (Å²) in [5.41, 5.74) is 5.25. The average Bonchev–Trinajstić information content (AvgIpc) is 3.15. The van der Waals surface area contributed by atoms with Crippen molar-refractivity contribution >= 4 is 40.5 Å². The minimum Gasteiger partial charge on any atom is -0.453 e. The molecule has 0 spiro atoms. The van der Waals surface area contributed by atoms with Gasteiger partial charge in [-0.1, -0.05) is 91.0 Å². The van der Waals surface area contributed by atoms with Crippen molar-refractivity contribution in [3.63, 3.8) is 0 Å². The molecule has 2 amide bonds. The van der Waals surface area contributed by atoms with Crippen LogP contribution in [0.3, 0.4) is 0 Å². The van der Waals surface area contributed by atoms with Crippen LogP contribution < -0.4 is 16.0 Å². The van der Waals surface area contributed by atoms with E-state index >= 15 is 0 Å². The SMILES string of the molecule is COC(=O)N[C@H](C(=O)Nc1ccccc1CC[C@@H]1CN[C@H](C)[C@@H](CSc2cnc3ccccc3n2)O1)C(c1ccccc1)c1ccccc1. The van der Waals surface area contributed by atoms with Gasteiger partial charge in [-0.05, 0) is 54.7 Å². The molecule has 49 heavy (non-hydrogen) atoms. The first-order valence-electron chi connectivity index (χ1n) is 16.5. The smallest absolute Gasteiger partial charge is 0.407 e. The van der Waals surface area contributed by atoms with Crippen LogP contribution in [0.4, 0.5) is 10.5 Å². The quantitative estimate of drug-likeness (QED) is 0.127. The number of hydrogen-bond acceptors (Lipinski definition) is 8. The fraction of sp³-hybridized carbons (Fsp3) is 0.282. The van der Waals surface area contributed by atoms with Gasteiger partial charge in [-0.15, -0.1) is 11.8 Å². The van der Waals surface area contributed by atoms with Gasteiger partial charge in [0.05, 0.1) is 36.5 Å². The van der Waals surface area contributed by atoms with E-state index in [0.29, 0.717) is 12.1 Å². The molecular weight excluding hydrogens is 635 g/mol. The van der Waals surface area contributed by atoms with Crippen molar-refractivity contribution in [2.24, 2.45) is 0 Å².